The molecule has 124 valence electrons. The van der Waals surface area contributed by atoms with E-state index in [-0.39, 0.29) is 18.2 Å². The van der Waals surface area contributed by atoms with E-state index < -0.39 is 5.92 Å². The van der Waals surface area contributed by atoms with Crippen molar-refractivity contribution in [1.82, 2.24) is 0 Å². The van der Waals surface area contributed by atoms with Crippen LogP contribution in [0.5, 0.6) is 5.75 Å². The predicted molar refractivity (Wildman–Crippen MR) is 93.5 cm³/mol. The lowest BCUT2D eigenvalue weighted by Crippen LogP contribution is -2.28. The van der Waals surface area contributed by atoms with Gasteiger partial charge in [0.15, 0.2) is 0 Å². The van der Waals surface area contributed by atoms with Gasteiger partial charge in [-0.25, -0.2) is 0 Å². The van der Waals surface area contributed by atoms with E-state index in [4.69, 9.17) is 16.3 Å². The monoisotopic (exact) mass is 344 g/mol. The fraction of sp³-hybridized carbons (Fsp3) is 0.222. The molecular weight excluding hydrogens is 328 g/mol. The van der Waals surface area contributed by atoms with Crippen LogP contribution in [0.25, 0.3) is 0 Å². The normalized spacial score (nSPS) is 17.0. The summed E-state index contributed by atoms with van der Waals surface area (Å²) in [5.41, 5.74) is 1.28. The maximum Gasteiger partial charge on any atom is 0.229 e. The number of carbonyl (C=O) groups is 2. The number of rotatable bonds is 4. The van der Waals surface area contributed by atoms with Crippen molar-refractivity contribution in [2.45, 2.75) is 6.42 Å². The number of nitrogens with one attached hydrogen (secondary N) is 1. The molecule has 1 atom stereocenters. The maximum absolute atomic E-state index is 12.5. The van der Waals surface area contributed by atoms with Crippen LogP contribution in [0.1, 0.15) is 6.42 Å². The second-order valence-electron chi connectivity index (χ2n) is 5.58. The minimum atomic E-state index is -0.417. The Morgan fingerprint density at radius 1 is 1.25 bits per heavy atom. The molecule has 2 aromatic rings. The Balaban J connectivity index is 1.71. The minimum Gasteiger partial charge on any atom is -0.497 e. The molecule has 0 spiro atoms. The summed E-state index contributed by atoms with van der Waals surface area (Å²) in [7, 11) is 1.57. The van der Waals surface area contributed by atoms with Crippen molar-refractivity contribution in [3.8, 4) is 5.75 Å². The van der Waals surface area contributed by atoms with Gasteiger partial charge in [-0.2, -0.15) is 0 Å². The second-order valence-corrected chi connectivity index (χ2v) is 5.99. The molecule has 2 amide bonds. The van der Waals surface area contributed by atoms with Crippen LogP contribution in [0.4, 0.5) is 11.4 Å². The Morgan fingerprint density at radius 2 is 2.04 bits per heavy atom. The van der Waals surface area contributed by atoms with Gasteiger partial charge < -0.3 is 15.0 Å². The molecule has 0 aliphatic carbocycles. The molecule has 0 aromatic heterocycles. The first-order chi connectivity index (χ1) is 11.6. The van der Waals surface area contributed by atoms with Crippen molar-refractivity contribution in [3.05, 3.63) is 53.6 Å². The summed E-state index contributed by atoms with van der Waals surface area (Å²) in [4.78, 5) is 26.3. The van der Waals surface area contributed by atoms with Crippen molar-refractivity contribution in [1.29, 1.82) is 0 Å². The molecule has 1 aliphatic heterocycles. The lowest BCUT2D eigenvalue weighted by Gasteiger charge is -2.18. The molecular formula is C18H17ClN2O3. The Labute approximate surface area is 145 Å². The topological polar surface area (TPSA) is 58.6 Å². The van der Waals surface area contributed by atoms with E-state index in [0.29, 0.717) is 28.7 Å². The number of hydrogen-bond donors (Lipinski definition) is 1. The van der Waals surface area contributed by atoms with Gasteiger partial charge in [0.25, 0.3) is 0 Å². The molecule has 1 heterocycles. The molecule has 1 aliphatic rings. The lowest BCUT2D eigenvalue weighted by atomic mass is 10.1. The Bertz CT molecular complexity index is 778. The third kappa shape index (κ3) is 3.36. The minimum absolute atomic E-state index is 0.103. The van der Waals surface area contributed by atoms with E-state index in [9.17, 15) is 9.59 Å². The standard InChI is InChI=1S/C18H17ClN2O3/c1-24-14-6-4-5-13(10-14)20-18(23)12-9-17(22)21(11-12)16-8-3-2-7-15(16)19/h2-8,10,12H,9,11H2,1H3,(H,20,23). The molecule has 0 radical (unpaired) electrons. The van der Waals surface area contributed by atoms with Crippen LogP contribution in [-0.4, -0.2) is 25.5 Å². The largest absolute Gasteiger partial charge is 0.497 e. The smallest absolute Gasteiger partial charge is 0.229 e. The van der Waals surface area contributed by atoms with Crippen LogP contribution in [0, 0.1) is 5.92 Å². The van der Waals surface area contributed by atoms with Gasteiger partial charge in [0.05, 0.1) is 23.7 Å². The Hall–Kier alpha value is -2.53. The van der Waals surface area contributed by atoms with Crippen LogP contribution in [0.15, 0.2) is 48.5 Å². The quantitative estimate of drug-likeness (QED) is 0.925. The molecule has 5 nitrogen and oxygen atoms in total. The molecule has 6 heteroatoms. The summed E-state index contributed by atoms with van der Waals surface area (Å²) in [6.45, 7) is 0.318. The first-order valence-electron chi connectivity index (χ1n) is 7.58. The number of anilines is 2. The summed E-state index contributed by atoms with van der Waals surface area (Å²) >= 11 is 6.15. The number of methoxy groups -OCH3 is 1. The highest BCUT2D eigenvalue weighted by molar-refractivity contribution is 6.33. The molecule has 1 fully saturated rings. The Morgan fingerprint density at radius 3 is 2.79 bits per heavy atom. The van der Waals surface area contributed by atoms with Crippen molar-refractivity contribution in [3.63, 3.8) is 0 Å². The molecule has 1 saturated heterocycles. The van der Waals surface area contributed by atoms with E-state index in [1.807, 2.05) is 6.07 Å². The first kappa shape index (κ1) is 16.3. The lowest BCUT2D eigenvalue weighted by molar-refractivity contribution is -0.122. The zero-order valence-electron chi connectivity index (χ0n) is 13.2. The second kappa shape index (κ2) is 6.93. The van der Waals surface area contributed by atoms with Gasteiger partial charge in [0.2, 0.25) is 11.8 Å². The molecule has 3 rings (SSSR count). The number of amides is 2. The van der Waals surface area contributed by atoms with Crippen molar-refractivity contribution < 1.29 is 14.3 Å². The summed E-state index contributed by atoms with van der Waals surface area (Å²) in [6, 6.07) is 14.2. The number of nitrogens with zero attached hydrogens (tertiary/aromatic N) is 1. The van der Waals surface area contributed by atoms with Crippen molar-refractivity contribution in [2.75, 3.05) is 23.9 Å². The van der Waals surface area contributed by atoms with Crippen LogP contribution < -0.4 is 15.0 Å². The number of benzene rings is 2. The summed E-state index contributed by atoms with van der Waals surface area (Å²) in [6.07, 6.45) is 0.168. The van der Waals surface area contributed by atoms with E-state index in [1.165, 1.54) is 0 Å². The molecule has 0 saturated carbocycles. The highest BCUT2D eigenvalue weighted by atomic mass is 35.5. The van der Waals surface area contributed by atoms with Gasteiger partial charge in [-0.3, -0.25) is 9.59 Å². The molecule has 0 bridgehead atoms. The van der Waals surface area contributed by atoms with Gasteiger partial charge >= 0.3 is 0 Å². The maximum atomic E-state index is 12.5. The van der Waals surface area contributed by atoms with Crippen molar-refractivity contribution in [2.24, 2.45) is 5.92 Å². The fourth-order valence-corrected chi connectivity index (χ4v) is 2.97. The molecule has 1 unspecified atom stereocenters. The zero-order chi connectivity index (χ0) is 17.1. The van der Waals surface area contributed by atoms with Gasteiger partial charge in [0.1, 0.15) is 5.75 Å². The summed E-state index contributed by atoms with van der Waals surface area (Å²) in [5, 5.41) is 3.33. The first-order valence-corrected chi connectivity index (χ1v) is 7.96. The highest BCUT2D eigenvalue weighted by Gasteiger charge is 2.35. The number of ether oxygens (including phenoxy) is 1. The van der Waals surface area contributed by atoms with E-state index in [0.717, 1.165) is 0 Å². The van der Waals surface area contributed by atoms with Gasteiger partial charge in [-0.1, -0.05) is 29.8 Å². The van der Waals surface area contributed by atoms with Gasteiger partial charge in [-0.15, -0.1) is 0 Å². The van der Waals surface area contributed by atoms with Crippen LogP contribution >= 0.6 is 11.6 Å². The fourth-order valence-electron chi connectivity index (χ4n) is 2.73. The van der Waals surface area contributed by atoms with E-state index in [2.05, 4.69) is 5.32 Å². The molecule has 2 aromatic carbocycles. The highest BCUT2D eigenvalue weighted by Crippen LogP contribution is 2.31. The summed E-state index contributed by atoms with van der Waals surface area (Å²) < 4.78 is 5.14. The third-order valence-corrected chi connectivity index (χ3v) is 4.30. The van der Waals surface area contributed by atoms with E-state index >= 15 is 0 Å². The Kier molecular flexibility index (Phi) is 4.71. The van der Waals surface area contributed by atoms with Gasteiger partial charge in [-0.05, 0) is 24.3 Å². The number of para-hydroxylation sites is 1. The van der Waals surface area contributed by atoms with Crippen LogP contribution in [-0.2, 0) is 9.59 Å². The predicted octanol–water partition coefficient (Wildman–Crippen LogP) is 3.34. The molecule has 1 N–H and O–H groups in total. The SMILES string of the molecule is COc1cccc(NC(=O)C2CC(=O)N(c3ccccc3Cl)C2)c1. The zero-order valence-corrected chi connectivity index (χ0v) is 13.9. The number of halogens is 1. The number of carbonyl (C=O) groups excluding carboxylic acids is 2. The average molecular weight is 345 g/mol. The van der Waals surface area contributed by atoms with Crippen LogP contribution in [0.3, 0.4) is 0 Å². The third-order valence-electron chi connectivity index (χ3n) is 3.98. The number of hydrogen-bond acceptors (Lipinski definition) is 3. The average Bonchev–Trinajstić information content (AvgIpc) is 2.97. The van der Waals surface area contributed by atoms with Gasteiger partial charge in [0, 0.05) is 24.7 Å². The van der Waals surface area contributed by atoms with Crippen molar-refractivity contribution >= 4 is 34.8 Å². The van der Waals surface area contributed by atoms with E-state index in [1.54, 1.807) is 54.5 Å². The van der Waals surface area contributed by atoms with Crippen LogP contribution in [0.2, 0.25) is 5.02 Å². The molecule has 24 heavy (non-hydrogen) atoms. The summed E-state index contributed by atoms with van der Waals surface area (Å²) in [5.74, 6) is -0.0481.